The third kappa shape index (κ3) is 3.44. The van der Waals surface area contributed by atoms with Crippen LogP contribution in [0.5, 0.6) is 0 Å². The van der Waals surface area contributed by atoms with Crippen molar-refractivity contribution in [1.82, 2.24) is 4.90 Å². The molecule has 1 aliphatic carbocycles. The van der Waals surface area contributed by atoms with Crippen LogP contribution >= 0.6 is 11.3 Å². The Kier molecular flexibility index (Phi) is 4.63. The number of hydrogen-bond donors (Lipinski definition) is 0. The second-order valence-corrected chi connectivity index (χ2v) is 7.83. The minimum Gasteiger partial charge on any atom is -0.300 e. The minimum atomic E-state index is 0.762. The van der Waals surface area contributed by atoms with Gasteiger partial charge in [0.05, 0.1) is 0 Å². The summed E-state index contributed by atoms with van der Waals surface area (Å²) in [6, 6.07) is 13.4. The fourth-order valence-corrected chi connectivity index (χ4v) is 4.98. The topological polar surface area (TPSA) is 3.24 Å². The summed E-state index contributed by atoms with van der Waals surface area (Å²) in [6.45, 7) is 3.60. The van der Waals surface area contributed by atoms with Crippen molar-refractivity contribution >= 4 is 16.9 Å². The van der Waals surface area contributed by atoms with Crippen LogP contribution in [0.1, 0.15) is 47.6 Å². The number of likely N-dealkylation sites (tertiary alicyclic amines) is 1. The maximum Gasteiger partial charge on any atom is 0.0169 e. The molecule has 1 aromatic carbocycles. The Hall–Kier alpha value is -1.38. The molecule has 0 atom stereocenters. The Labute approximate surface area is 143 Å². The lowest BCUT2D eigenvalue weighted by molar-refractivity contribution is 0.232. The van der Waals surface area contributed by atoms with Crippen molar-refractivity contribution in [2.24, 2.45) is 0 Å². The first kappa shape index (κ1) is 15.2. The van der Waals surface area contributed by atoms with Crippen molar-refractivity contribution in [3.63, 3.8) is 0 Å². The van der Waals surface area contributed by atoms with Crippen LogP contribution in [-0.2, 0) is 6.42 Å². The molecule has 2 heteroatoms. The standard InChI is InChI=1S/C21H25NS/c1-2-5-17(6-3-1)18-9-13-22(14-10-18)15-11-19-7-4-8-21-20(19)12-16-23-21/h1-3,5-6,11-12,16,18H,4,7-10,13-15H2. The summed E-state index contributed by atoms with van der Waals surface area (Å²) in [7, 11) is 0. The number of benzene rings is 1. The molecule has 2 aromatic rings. The molecule has 120 valence electrons. The zero-order chi connectivity index (χ0) is 15.5. The Balaban J connectivity index is 1.35. The van der Waals surface area contributed by atoms with E-state index in [0.717, 1.165) is 12.5 Å². The zero-order valence-corrected chi connectivity index (χ0v) is 14.5. The van der Waals surface area contributed by atoms with E-state index in [1.54, 1.807) is 16.0 Å². The van der Waals surface area contributed by atoms with Gasteiger partial charge < -0.3 is 0 Å². The molecule has 2 heterocycles. The summed E-state index contributed by atoms with van der Waals surface area (Å²) in [5, 5.41) is 2.26. The Bertz CT molecular complexity index is 662. The molecule has 0 N–H and O–H groups in total. The first-order chi connectivity index (χ1) is 11.4. The first-order valence-electron chi connectivity index (χ1n) is 8.93. The van der Waals surface area contributed by atoms with E-state index in [1.807, 2.05) is 11.3 Å². The molecule has 1 fully saturated rings. The van der Waals surface area contributed by atoms with Gasteiger partial charge in [0.1, 0.15) is 0 Å². The van der Waals surface area contributed by atoms with Crippen molar-refractivity contribution in [1.29, 1.82) is 0 Å². The predicted octanol–water partition coefficient (Wildman–Crippen LogP) is 5.35. The Morgan fingerprint density at radius 1 is 1.04 bits per heavy atom. The van der Waals surface area contributed by atoms with Crippen LogP contribution < -0.4 is 0 Å². The van der Waals surface area contributed by atoms with E-state index >= 15 is 0 Å². The minimum absolute atomic E-state index is 0.762. The third-order valence-electron chi connectivity index (χ3n) is 5.40. The highest BCUT2D eigenvalue weighted by Gasteiger charge is 2.20. The summed E-state index contributed by atoms with van der Waals surface area (Å²) < 4.78 is 0. The van der Waals surface area contributed by atoms with Crippen molar-refractivity contribution in [2.45, 2.75) is 38.0 Å². The summed E-state index contributed by atoms with van der Waals surface area (Å²) in [6.07, 6.45) is 8.99. The van der Waals surface area contributed by atoms with Crippen molar-refractivity contribution in [2.75, 3.05) is 19.6 Å². The highest BCUT2D eigenvalue weighted by atomic mass is 32.1. The van der Waals surface area contributed by atoms with E-state index in [0.29, 0.717) is 0 Å². The molecule has 4 rings (SSSR count). The van der Waals surface area contributed by atoms with Gasteiger partial charge in [0.15, 0.2) is 0 Å². The van der Waals surface area contributed by atoms with E-state index in [9.17, 15) is 0 Å². The van der Waals surface area contributed by atoms with Crippen molar-refractivity contribution in [3.8, 4) is 0 Å². The fourth-order valence-electron chi connectivity index (χ4n) is 4.02. The average molecular weight is 324 g/mol. The van der Waals surface area contributed by atoms with E-state index in [4.69, 9.17) is 0 Å². The van der Waals surface area contributed by atoms with Crippen LogP contribution in [0, 0.1) is 0 Å². The fraction of sp³-hybridized carbons (Fsp3) is 0.429. The Morgan fingerprint density at radius 2 is 1.87 bits per heavy atom. The number of nitrogens with zero attached hydrogens (tertiary/aromatic N) is 1. The normalized spacial score (nSPS) is 21.5. The van der Waals surface area contributed by atoms with Gasteiger partial charge in [-0.25, -0.2) is 0 Å². The molecular formula is C21H25NS. The van der Waals surface area contributed by atoms with Gasteiger partial charge in [-0.3, -0.25) is 4.90 Å². The zero-order valence-electron chi connectivity index (χ0n) is 13.7. The molecule has 0 spiro atoms. The van der Waals surface area contributed by atoms with Gasteiger partial charge in [0.2, 0.25) is 0 Å². The molecule has 0 radical (unpaired) electrons. The van der Waals surface area contributed by atoms with Gasteiger partial charge in [0, 0.05) is 11.4 Å². The maximum absolute atomic E-state index is 2.63. The molecule has 0 unspecified atom stereocenters. The second-order valence-electron chi connectivity index (χ2n) is 6.83. The molecule has 1 nitrogen and oxygen atoms in total. The number of fused-ring (bicyclic) bond motifs is 1. The lowest BCUT2D eigenvalue weighted by Gasteiger charge is -2.31. The highest BCUT2D eigenvalue weighted by Crippen LogP contribution is 2.34. The van der Waals surface area contributed by atoms with Crippen molar-refractivity contribution < 1.29 is 0 Å². The predicted molar refractivity (Wildman–Crippen MR) is 100 cm³/mol. The van der Waals surface area contributed by atoms with Crippen LogP contribution in [-0.4, -0.2) is 24.5 Å². The number of allylic oxidation sites excluding steroid dienone is 1. The maximum atomic E-state index is 2.63. The third-order valence-corrected chi connectivity index (χ3v) is 6.38. The molecule has 0 bridgehead atoms. The smallest absolute Gasteiger partial charge is 0.0169 e. The summed E-state index contributed by atoms with van der Waals surface area (Å²) in [4.78, 5) is 4.23. The summed E-state index contributed by atoms with van der Waals surface area (Å²) >= 11 is 1.93. The van der Waals surface area contributed by atoms with Gasteiger partial charge >= 0.3 is 0 Å². The lowest BCUT2D eigenvalue weighted by atomic mass is 9.89. The monoisotopic (exact) mass is 323 g/mol. The van der Waals surface area contributed by atoms with Crippen LogP contribution in [0.4, 0.5) is 0 Å². The number of hydrogen-bond acceptors (Lipinski definition) is 2. The van der Waals surface area contributed by atoms with E-state index in [-0.39, 0.29) is 0 Å². The van der Waals surface area contributed by atoms with Gasteiger partial charge in [0.25, 0.3) is 0 Å². The van der Waals surface area contributed by atoms with Crippen molar-refractivity contribution in [3.05, 3.63) is 63.9 Å². The SMILES string of the molecule is C(CN1CCC(c2ccccc2)CC1)=C1CCCc2sccc21. The average Bonchev–Trinajstić information content (AvgIpc) is 3.10. The first-order valence-corrected chi connectivity index (χ1v) is 9.81. The second kappa shape index (κ2) is 7.02. The van der Waals surface area contributed by atoms with Gasteiger partial charge in [-0.1, -0.05) is 36.4 Å². The molecular weight excluding hydrogens is 298 g/mol. The number of piperidine rings is 1. The molecule has 0 amide bonds. The van der Waals surface area contributed by atoms with Crippen LogP contribution in [0.2, 0.25) is 0 Å². The quantitative estimate of drug-likeness (QED) is 0.736. The van der Waals surface area contributed by atoms with E-state index in [2.05, 4.69) is 52.8 Å². The summed E-state index contributed by atoms with van der Waals surface area (Å²) in [5.41, 5.74) is 4.67. The van der Waals surface area contributed by atoms with Gasteiger partial charge in [-0.15, -0.1) is 11.3 Å². The largest absolute Gasteiger partial charge is 0.300 e. The molecule has 1 aliphatic heterocycles. The number of rotatable bonds is 3. The highest BCUT2D eigenvalue weighted by molar-refractivity contribution is 7.10. The van der Waals surface area contributed by atoms with Gasteiger partial charge in [-0.05, 0) is 79.3 Å². The van der Waals surface area contributed by atoms with Crippen LogP contribution in [0.15, 0.2) is 47.9 Å². The summed E-state index contributed by atoms with van der Waals surface area (Å²) in [5.74, 6) is 0.762. The van der Waals surface area contributed by atoms with E-state index < -0.39 is 0 Å². The molecule has 1 saturated heterocycles. The van der Waals surface area contributed by atoms with Gasteiger partial charge in [-0.2, -0.15) is 0 Å². The molecule has 1 aromatic heterocycles. The molecule has 0 saturated carbocycles. The molecule has 23 heavy (non-hydrogen) atoms. The Morgan fingerprint density at radius 3 is 2.70 bits per heavy atom. The lowest BCUT2D eigenvalue weighted by Crippen LogP contribution is -2.33. The van der Waals surface area contributed by atoms with Crippen LogP contribution in [0.3, 0.4) is 0 Å². The molecule has 2 aliphatic rings. The number of thiophene rings is 1. The van der Waals surface area contributed by atoms with Crippen LogP contribution in [0.25, 0.3) is 5.57 Å². The number of aryl methyl sites for hydroxylation is 1. The van der Waals surface area contributed by atoms with E-state index in [1.165, 1.54) is 50.8 Å².